The average Bonchev–Trinajstić information content (AvgIpc) is 2.35. The maximum absolute atomic E-state index is 13.1. The summed E-state index contributed by atoms with van der Waals surface area (Å²) in [7, 11) is 0. The fourth-order valence-electron chi connectivity index (χ4n) is 2.42. The highest BCUT2D eigenvalue weighted by atomic mass is 19.1. The van der Waals surface area contributed by atoms with Crippen LogP contribution in [0, 0.1) is 21.8 Å². The average molecular weight is 308 g/mol. The zero-order valence-corrected chi connectivity index (χ0v) is 11.9. The van der Waals surface area contributed by atoms with Crippen LogP contribution in [0.5, 0.6) is 0 Å². The molecule has 0 aliphatic carbocycles. The van der Waals surface area contributed by atoms with Crippen molar-refractivity contribution in [1.82, 2.24) is 5.32 Å². The number of Topliss-reactive ketones (excluding diaryl/α,β-unsaturated/α-hetero) is 2. The number of amides is 1. The third-order valence-electron chi connectivity index (χ3n) is 3.35. The molecule has 1 aromatic rings. The van der Waals surface area contributed by atoms with Gasteiger partial charge in [-0.3, -0.25) is 24.5 Å². The molecule has 1 amide bonds. The van der Waals surface area contributed by atoms with Crippen LogP contribution >= 0.6 is 0 Å². The molecule has 1 N–H and O–H groups in total. The summed E-state index contributed by atoms with van der Waals surface area (Å²) < 4.78 is 13.1. The minimum Gasteiger partial charge on any atom is -0.350 e. The van der Waals surface area contributed by atoms with E-state index < -0.39 is 50.9 Å². The number of piperidine rings is 1. The second kappa shape index (κ2) is 5.28. The van der Waals surface area contributed by atoms with E-state index in [1.54, 1.807) is 13.8 Å². The van der Waals surface area contributed by atoms with Crippen LogP contribution in [-0.2, 0) is 9.59 Å². The lowest BCUT2D eigenvalue weighted by Gasteiger charge is -2.33. The number of ketones is 2. The Morgan fingerprint density at radius 1 is 1.41 bits per heavy atom. The summed E-state index contributed by atoms with van der Waals surface area (Å²) in [6.07, 6.45) is -0.0653. The molecule has 0 saturated carbocycles. The van der Waals surface area contributed by atoms with Gasteiger partial charge in [0.25, 0.3) is 5.69 Å². The van der Waals surface area contributed by atoms with Crippen LogP contribution in [-0.4, -0.2) is 27.9 Å². The molecule has 1 aromatic carbocycles. The van der Waals surface area contributed by atoms with Crippen molar-refractivity contribution in [1.29, 1.82) is 0 Å². The fourth-order valence-corrected chi connectivity index (χ4v) is 2.42. The molecule has 1 fully saturated rings. The summed E-state index contributed by atoms with van der Waals surface area (Å²) in [5.41, 5.74) is -2.00. The number of nitro groups is 1. The molecule has 1 saturated heterocycles. The summed E-state index contributed by atoms with van der Waals surface area (Å²) in [6, 6.07) is 2.37. The molecule has 22 heavy (non-hydrogen) atoms. The smallest absolute Gasteiger partial charge is 0.283 e. The predicted octanol–water partition coefficient (Wildman–Crippen LogP) is 1.40. The molecule has 1 heterocycles. The molecule has 1 aliphatic heterocycles. The molecule has 7 nitrogen and oxygen atoms in total. The molecule has 2 rings (SSSR count). The van der Waals surface area contributed by atoms with Gasteiger partial charge in [-0.15, -0.1) is 0 Å². The van der Waals surface area contributed by atoms with Gasteiger partial charge in [0, 0.05) is 12.0 Å². The number of nitro benzene ring substituents is 1. The Morgan fingerprint density at radius 2 is 2.05 bits per heavy atom. The van der Waals surface area contributed by atoms with E-state index in [1.165, 1.54) is 0 Å². The minimum atomic E-state index is -1.64. The SMILES string of the molecule is CC1(C)CC(=O)C(C(=O)c2ccc(F)cc2[N+](=O)[O-])C(=O)N1. The third kappa shape index (κ3) is 2.85. The van der Waals surface area contributed by atoms with Crippen LogP contribution in [0.4, 0.5) is 10.1 Å². The van der Waals surface area contributed by atoms with Crippen molar-refractivity contribution >= 4 is 23.2 Å². The fraction of sp³-hybridized carbons (Fsp3) is 0.357. The molecule has 0 spiro atoms. The zero-order valence-electron chi connectivity index (χ0n) is 11.9. The molecule has 1 aliphatic rings. The Bertz CT molecular complexity index is 678. The summed E-state index contributed by atoms with van der Waals surface area (Å²) >= 11 is 0. The first-order valence-electron chi connectivity index (χ1n) is 6.45. The highest BCUT2D eigenvalue weighted by Crippen LogP contribution is 2.27. The number of benzene rings is 1. The number of nitrogens with one attached hydrogen (secondary N) is 1. The number of carbonyl (C=O) groups is 3. The molecule has 0 bridgehead atoms. The first-order chi connectivity index (χ1) is 10.1. The number of rotatable bonds is 3. The van der Waals surface area contributed by atoms with Crippen molar-refractivity contribution in [2.24, 2.45) is 5.92 Å². The van der Waals surface area contributed by atoms with Gasteiger partial charge >= 0.3 is 0 Å². The van der Waals surface area contributed by atoms with Crippen molar-refractivity contribution in [2.75, 3.05) is 0 Å². The molecule has 116 valence electrons. The van der Waals surface area contributed by atoms with E-state index in [1.807, 2.05) is 0 Å². The Hall–Kier alpha value is -2.64. The van der Waals surface area contributed by atoms with Gasteiger partial charge in [-0.05, 0) is 26.0 Å². The van der Waals surface area contributed by atoms with Crippen molar-refractivity contribution in [3.63, 3.8) is 0 Å². The molecular weight excluding hydrogens is 295 g/mol. The second-order valence-electron chi connectivity index (χ2n) is 5.73. The van der Waals surface area contributed by atoms with E-state index in [2.05, 4.69) is 5.32 Å². The lowest BCUT2D eigenvalue weighted by atomic mass is 9.81. The van der Waals surface area contributed by atoms with Gasteiger partial charge in [0.15, 0.2) is 17.5 Å². The molecule has 1 unspecified atom stereocenters. The standard InChI is InChI=1S/C14H13FN2O5/c1-14(2)6-10(18)11(13(20)16-14)12(19)8-4-3-7(15)5-9(8)17(21)22/h3-5,11H,6H2,1-2H3,(H,16,20). The Balaban J connectivity index is 2.43. The molecular formula is C14H13FN2O5. The van der Waals surface area contributed by atoms with Gasteiger partial charge in [-0.25, -0.2) is 4.39 Å². The van der Waals surface area contributed by atoms with Crippen LogP contribution in [0.2, 0.25) is 0 Å². The number of hydrogen-bond donors (Lipinski definition) is 1. The van der Waals surface area contributed by atoms with Crippen LogP contribution in [0.3, 0.4) is 0 Å². The van der Waals surface area contributed by atoms with Gasteiger partial charge in [0.05, 0.1) is 16.6 Å². The number of halogens is 1. The van der Waals surface area contributed by atoms with E-state index in [0.717, 1.165) is 12.1 Å². The number of nitrogens with zero attached hydrogens (tertiary/aromatic N) is 1. The highest BCUT2D eigenvalue weighted by Gasteiger charge is 2.44. The van der Waals surface area contributed by atoms with E-state index in [4.69, 9.17) is 0 Å². The summed E-state index contributed by atoms with van der Waals surface area (Å²) in [5, 5.41) is 13.5. The minimum absolute atomic E-state index is 0.0653. The monoisotopic (exact) mass is 308 g/mol. The van der Waals surface area contributed by atoms with Crippen molar-refractivity contribution in [3.8, 4) is 0 Å². The predicted molar refractivity (Wildman–Crippen MR) is 72.7 cm³/mol. The zero-order chi connectivity index (χ0) is 16.7. The lowest BCUT2D eigenvalue weighted by molar-refractivity contribution is -0.385. The third-order valence-corrected chi connectivity index (χ3v) is 3.35. The van der Waals surface area contributed by atoms with Crippen LogP contribution < -0.4 is 5.32 Å². The van der Waals surface area contributed by atoms with E-state index in [9.17, 15) is 28.9 Å². The highest BCUT2D eigenvalue weighted by molar-refractivity contribution is 6.25. The van der Waals surface area contributed by atoms with Gasteiger partial charge in [0.1, 0.15) is 5.82 Å². The van der Waals surface area contributed by atoms with Gasteiger partial charge < -0.3 is 5.32 Å². The summed E-state index contributed by atoms with van der Waals surface area (Å²) in [6.45, 7) is 3.26. The lowest BCUT2D eigenvalue weighted by Crippen LogP contribution is -2.56. The largest absolute Gasteiger partial charge is 0.350 e. The Labute approximate surface area is 124 Å². The van der Waals surface area contributed by atoms with Gasteiger partial charge in [-0.2, -0.15) is 0 Å². The topological polar surface area (TPSA) is 106 Å². The Kier molecular flexibility index (Phi) is 3.78. The van der Waals surface area contributed by atoms with Gasteiger partial charge in [0.2, 0.25) is 5.91 Å². The molecule has 0 aromatic heterocycles. The second-order valence-corrected chi connectivity index (χ2v) is 5.73. The normalized spacial score (nSPS) is 20.4. The van der Waals surface area contributed by atoms with E-state index >= 15 is 0 Å². The molecule has 1 atom stereocenters. The maximum atomic E-state index is 13.1. The number of carbonyl (C=O) groups excluding carboxylic acids is 3. The summed E-state index contributed by atoms with van der Waals surface area (Å²) in [5.74, 6) is -4.94. The van der Waals surface area contributed by atoms with E-state index in [0.29, 0.717) is 6.07 Å². The van der Waals surface area contributed by atoms with Crippen molar-refractivity contribution in [3.05, 3.63) is 39.7 Å². The quantitative estimate of drug-likeness (QED) is 0.393. The number of hydrogen-bond acceptors (Lipinski definition) is 5. The van der Waals surface area contributed by atoms with E-state index in [-0.39, 0.29) is 6.42 Å². The van der Waals surface area contributed by atoms with Crippen LogP contribution in [0.1, 0.15) is 30.6 Å². The van der Waals surface area contributed by atoms with Gasteiger partial charge in [-0.1, -0.05) is 0 Å². The summed E-state index contributed by atoms with van der Waals surface area (Å²) in [4.78, 5) is 46.4. The molecule has 8 heteroatoms. The van der Waals surface area contributed by atoms with Crippen molar-refractivity contribution in [2.45, 2.75) is 25.8 Å². The maximum Gasteiger partial charge on any atom is 0.283 e. The Morgan fingerprint density at radius 3 is 2.59 bits per heavy atom. The van der Waals surface area contributed by atoms with Crippen LogP contribution in [0.15, 0.2) is 18.2 Å². The van der Waals surface area contributed by atoms with Crippen molar-refractivity contribution < 1.29 is 23.7 Å². The first kappa shape index (κ1) is 15.7. The van der Waals surface area contributed by atoms with Crippen LogP contribution in [0.25, 0.3) is 0 Å². The molecule has 0 radical (unpaired) electrons. The first-order valence-corrected chi connectivity index (χ1v) is 6.45.